The highest BCUT2D eigenvalue weighted by Gasteiger charge is 2.54. The molecule has 0 unspecified atom stereocenters. The zero-order valence-electron chi connectivity index (χ0n) is 29.3. The predicted molar refractivity (Wildman–Crippen MR) is 168 cm³/mol. The zero-order valence-corrected chi connectivity index (χ0v) is 29.3. The Morgan fingerprint density at radius 2 is 0.786 bits per heavy atom. The molecule has 0 aliphatic carbocycles. The van der Waals surface area contributed by atoms with Gasteiger partial charge in [-0.2, -0.15) is 0 Å². The van der Waals surface area contributed by atoms with Crippen LogP contribution < -0.4 is 0 Å². The molecule has 2 aromatic heterocycles. The van der Waals surface area contributed by atoms with Crippen molar-refractivity contribution in [2.75, 3.05) is 26.4 Å². The largest absolute Gasteiger partial charge is 0.394 e. The van der Waals surface area contributed by atoms with Gasteiger partial charge in [-0.3, -0.25) is 0 Å². The summed E-state index contributed by atoms with van der Waals surface area (Å²) in [6.07, 6.45) is -29.8. The summed E-state index contributed by atoms with van der Waals surface area (Å²) in [4.78, 5) is 0. The molecule has 0 spiro atoms. The van der Waals surface area contributed by atoms with Gasteiger partial charge in [0.1, 0.15) is 109 Å². The van der Waals surface area contributed by atoms with Crippen LogP contribution in [0.5, 0.6) is 0 Å². The Hall–Kier alpha value is -2.52. The highest BCUT2D eigenvalue weighted by Crippen LogP contribution is 2.35. The lowest BCUT2D eigenvalue weighted by Crippen LogP contribution is -2.64. The number of aliphatic hydroxyl groups excluding tert-OH is 12. The molecule has 56 heavy (non-hydrogen) atoms. The topological polar surface area (TPSA) is 378 Å². The van der Waals surface area contributed by atoms with E-state index in [0.717, 1.165) is 9.36 Å². The van der Waals surface area contributed by atoms with Gasteiger partial charge >= 0.3 is 0 Å². The minimum absolute atomic E-state index is 0.0648. The number of aromatic nitrogens is 6. The van der Waals surface area contributed by atoms with Crippen molar-refractivity contribution in [3.8, 4) is 0 Å². The Morgan fingerprint density at radius 3 is 1.14 bits per heavy atom. The zero-order chi connectivity index (χ0) is 40.0. The van der Waals surface area contributed by atoms with Gasteiger partial charge in [0.15, 0.2) is 25.0 Å². The van der Waals surface area contributed by atoms with Gasteiger partial charge < -0.3 is 99.2 Å². The van der Waals surface area contributed by atoms with Gasteiger partial charge in [0.25, 0.3) is 0 Å². The van der Waals surface area contributed by atoms with Crippen molar-refractivity contribution >= 4 is 0 Å². The molecule has 16 rings (SSSR count). The van der Waals surface area contributed by atoms with Gasteiger partial charge in [0, 0.05) is 0 Å². The average Bonchev–Trinajstić information content (AvgIpc) is 3.88. The van der Waals surface area contributed by atoms with Crippen LogP contribution in [0.4, 0.5) is 0 Å². The van der Waals surface area contributed by atoms with Gasteiger partial charge in [-0.15, -0.1) is 10.2 Å². The maximum atomic E-state index is 11.1. The van der Waals surface area contributed by atoms with Crippen molar-refractivity contribution in [3.63, 3.8) is 0 Å². The summed E-state index contributed by atoms with van der Waals surface area (Å²) < 4.78 is 48.0. The van der Waals surface area contributed by atoms with Crippen LogP contribution in [0, 0.1) is 0 Å². The lowest BCUT2D eigenvalue weighted by atomic mass is 9.96. The molecular weight excluding hydrogens is 764 g/mol. The van der Waals surface area contributed by atoms with E-state index in [1.54, 1.807) is 0 Å². The van der Waals surface area contributed by atoms with Crippen LogP contribution in [0.3, 0.4) is 0 Å². The lowest BCUT2D eigenvalue weighted by molar-refractivity contribution is -0.351. The SMILES string of the molecule is OC[C@H]1O[C@@H]2O[C@H]3[C@H](O)[C@H](O)[C@H](O[C@@H]3CO)n3cc(nn3)CO[C@H]3[C@H](O)[C@H](O)[C@@H](O[C@H]4[C@H](O)[C@H](O)[C@H](O[C@@H]4CO)n4cc(nn4)CO[C@H]1[C@H](O)[C@@H]2O)O[C@@H]3CO. The summed E-state index contributed by atoms with van der Waals surface area (Å²) in [6, 6.07) is 0. The third kappa shape index (κ3) is 7.82. The van der Waals surface area contributed by atoms with Gasteiger partial charge in [-0.05, 0) is 0 Å². The van der Waals surface area contributed by atoms with Crippen LogP contribution in [0.1, 0.15) is 23.8 Å². The van der Waals surface area contributed by atoms with Crippen LogP contribution in [0.2, 0.25) is 0 Å². The smallest absolute Gasteiger partial charge is 0.187 e. The molecule has 26 heteroatoms. The van der Waals surface area contributed by atoms with E-state index in [2.05, 4.69) is 20.6 Å². The van der Waals surface area contributed by atoms with Crippen LogP contribution in [0.15, 0.2) is 12.4 Å². The molecule has 14 aliphatic rings. The summed E-state index contributed by atoms with van der Waals surface area (Å²) in [5.41, 5.74) is 0.130. The van der Waals surface area contributed by atoms with Crippen molar-refractivity contribution in [2.45, 2.75) is 136 Å². The van der Waals surface area contributed by atoms with Crippen LogP contribution in [-0.2, 0) is 51.1 Å². The normalized spacial score (nSPS) is 46.5. The molecule has 0 saturated carbocycles. The third-order valence-electron chi connectivity index (χ3n) is 10.4. The quantitative estimate of drug-likeness (QED) is 0.136. The second-order valence-electron chi connectivity index (χ2n) is 14.0. The number of ether oxygens (including phenoxy) is 8. The van der Waals surface area contributed by atoms with E-state index >= 15 is 0 Å². The van der Waals surface area contributed by atoms with Crippen LogP contribution in [-0.4, -0.2) is 228 Å². The first-order valence-electron chi connectivity index (χ1n) is 17.7. The highest BCUT2D eigenvalue weighted by atomic mass is 16.7. The fraction of sp³-hybridized carbons (Fsp3) is 0.867. The summed E-state index contributed by atoms with van der Waals surface area (Å²) in [5, 5.41) is 145. The number of aliphatic hydroxyl groups is 12. The van der Waals surface area contributed by atoms with E-state index < -0.39 is 162 Å². The van der Waals surface area contributed by atoms with Crippen molar-refractivity contribution in [2.24, 2.45) is 0 Å². The molecule has 4 fully saturated rings. The molecular formula is C30H46N6O20. The molecule has 0 radical (unpaired) electrons. The Labute approximate surface area is 315 Å². The first-order valence-corrected chi connectivity index (χ1v) is 17.7. The number of hydrogen-bond acceptors (Lipinski definition) is 24. The molecule has 26 nitrogen and oxygen atoms in total. The highest BCUT2D eigenvalue weighted by molar-refractivity contribution is 5.01. The molecule has 0 aromatic carbocycles. The molecule has 16 heterocycles. The predicted octanol–water partition coefficient (Wildman–Crippen LogP) is -8.77. The fourth-order valence-corrected chi connectivity index (χ4v) is 7.33. The molecule has 4 saturated heterocycles. The minimum atomic E-state index is -1.87. The summed E-state index contributed by atoms with van der Waals surface area (Å²) in [6.45, 7) is -3.92. The maximum absolute atomic E-state index is 11.1. The van der Waals surface area contributed by atoms with Gasteiger partial charge in [-0.25, -0.2) is 9.36 Å². The average molecular weight is 811 g/mol. The monoisotopic (exact) mass is 810 g/mol. The van der Waals surface area contributed by atoms with Gasteiger partial charge in [0.05, 0.1) is 52.0 Å². The molecule has 316 valence electrons. The van der Waals surface area contributed by atoms with Crippen molar-refractivity contribution in [3.05, 3.63) is 23.8 Å². The van der Waals surface area contributed by atoms with E-state index in [0.29, 0.717) is 0 Å². The van der Waals surface area contributed by atoms with E-state index in [1.165, 1.54) is 12.4 Å². The van der Waals surface area contributed by atoms with Crippen LogP contribution >= 0.6 is 0 Å². The van der Waals surface area contributed by atoms with E-state index in [-0.39, 0.29) is 11.4 Å². The number of rotatable bonds is 4. The maximum Gasteiger partial charge on any atom is 0.187 e. The molecule has 0 amide bonds. The molecule has 12 N–H and O–H groups in total. The molecule has 14 aliphatic heterocycles. The molecule has 20 atom stereocenters. The summed E-state index contributed by atoms with van der Waals surface area (Å²) in [5.74, 6) is 0. The molecule has 12 bridgehead atoms. The Balaban J connectivity index is 1.17. The lowest BCUT2D eigenvalue weighted by Gasteiger charge is -2.46. The number of hydrogen-bond donors (Lipinski definition) is 12. The third-order valence-corrected chi connectivity index (χ3v) is 10.4. The first kappa shape index (κ1) is 41.6. The fourth-order valence-electron chi connectivity index (χ4n) is 7.33. The summed E-state index contributed by atoms with van der Waals surface area (Å²) in [7, 11) is 0. The first-order chi connectivity index (χ1) is 26.9. The standard InChI is InChI=1S/C30H46N6O20/c37-3-11-23-17(43)21(47)29(53-11)56-26-14(6-40)52-28(20(46)16(26)42)36-2-10(32-34-36)8-50-24-12(4-38)54-30(22(48)18(24)44)55-25-13(5-39)51-27(19(45)15(25)41)35-1-9(7-49-23)31-33-35/h1-2,11-30,37-48H,3-8H2/t11-,12-,13-,14-,15-,16-,17-,18-,19+,20+,21+,22+,23-,24-,25-,26-,27+,28+,29-,30-/m1/s1. The van der Waals surface area contributed by atoms with Gasteiger partial charge in [-0.1, -0.05) is 10.4 Å². The Morgan fingerprint density at radius 1 is 0.446 bits per heavy atom. The Bertz CT molecular complexity index is 1460. The minimum Gasteiger partial charge on any atom is -0.394 e. The second kappa shape index (κ2) is 17.4. The number of nitrogens with zero attached hydrogens (tertiary/aromatic N) is 6. The van der Waals surface area contributed by atoms with Gasteiger partial charge in [0.2, 0.25) is 0 Å². The van der Waals surface area contributed by atoms with Crippen molar-refractivity contribution in [1.82, 2.24) is 30.0 Å². The van der Waals surface area contributed by atoms with E-state index in [9.17, 15) is 61.3 Å². The Kier molecular flexibility index (Phi) is 12.9. The van der Waals surface area contributed by atoms with Crippen molar-refractivity contribution in [1.29, 1.82) is 0 Å². The summed E-state index contributed by atoms with van der Waals surface area (Å²) >= 11 is 0. The second-order valence-corrected chi connectivity index (χ2v) is 14.0. The van der Waals surface area contributed by atoms with E-state index in [4.69, 9.17) is 37.9 Å². The molecule has 2 aromatic rings. The van der Waals surface area contributed by atoms with Crippen molar-refractivity contribution < 1.29 is 99.2 Å². The van der Waals surface area contributed by atoms with Crippen LogP contribution in [0.25, 0.3) is 0 Å². The van der Waals surface area contributed by atoms with E-state index in [1.807, 2.05) is 0 Å².